The van der Waals surface area contributed by atoms with Crippen molar-refractivity contribution < 1.29 is 27.9 Å². The Bertz CT molecular complexity index is 1040. The normalized spacial score (nSPS) is 17.7. The highest BCUT2D eigenvalue weighted by Crippen LogP contribution is 2.50. The number of carbonyl (C=O) groups excluding carboxylic acids is 1. The van der Waals surface area contributed by atoms with E-state index < -0.39 is 35.3 Å². The Kier molecular flexibility index (Phi) is 7.34. The molecule has 0 aromatic heterocycles. The summed E-state index contributed by atoms with van der Waals surface area (Å²) in [5.74, 6) is -5.15. The van der Waals surface area contributed by atoms with Crippen LogP contribution in [0.3, 0.4) is 0 Å². The molecule has 3 atom stereocenters. The Hall–Kier alpha value is -2.25. The van der Waals surface area contributed by atoms with Gasteiger partial charge in [0.2, 0.25) is 5.91 Å². The number of nitrogens with one attached hydrogen (secondary N) is 1. The molecule has 2 aromatic carbocycles. The zero-order valence-electron chi connectivity index (χ0n) is 18.0. The van der Waals surface area contributed by atoms with Crippen molar-refractivity contribution in [2.24, 2.45) is 11.8 Å². The lowest BCUT2D eigenvalue weighted by molar-refractivity contribution is -0.178. The van der Waals surface area contributed by atoms with E-state index >= 15 is 0 Å². The lowest BCUT2D eigenvalue weighted by atomic mass is 9.75. The first-order valence-corrected chi connectivity index (χ1v) is 11.2. The van der Waals surface area contributed by atoms with Crippen LogP contribution >= 0.6 is 23.2 Å². The summed E-state index contributed by atoms with van der Waals surface area (Å²) in [5.41, 5.74) is 0.302. The molecule has 0 bridgehead atoms. The minimum atomic E-state index is -4.61. The first kappa shape index (κ1) is 25.4. The standard InChI is InChI=1S/C24H24Cl2F3NO3/c1-13(24(27,28)29)21(14-3-8-17(25)9-4-14)22(33)30-19-11-16(7-10-18(19)26)23(2,12-20(31)32)15-5-6-15/h3-4,7-11,13,15,21H,5-6,12H2,1-2H3,(H,30,33)(H,31,32). The number of carbonyl (C=O) groups is 2. The number of rotatable bonds is 8. The van der Waals surface area contributed by atoms with E-state index in [9.17, 15) is 27.9 Å². The lowest BCUT2D eigenvalue weighted by Gasteiger charge is -2.30. The molecule has 3 unspecified atom stereocenters. The van der Waals surface area contributed by atoms with Gasteiger partial charge in [-0.15, -0.1) is 0 Å². The topological polar surface area (TPSA) is 66.4 Å². The number of carboxylic acids is 1. The van der Waals surface area contributed by atoms with E-state index in [0.717, 1.165) is 19.8 Å². The van der Waals surface area contributed by atoms with Crippen molar-refractivity contribution in [2.75, 3.05) is 5.32 Å². The van der Waals surface area contributed by atoms with Crippen LogP contribution in [-0.4, -0.2) is 23.2 Å². The van der Waals surface area contributed by atoms with Gasteiger partial charge in [0.1, 0.15) is 0 Å². The van der Waals surface area contributed by atoms with Crippen molar-refractivity contribution in [3.8, 4) is 0 Å². The van der Waals surface area contributed by atoms with Crippen molar-refractivity contribution in [1.82, 2.24) is 0 Å². The van der Waals surface area contributed by atoms with E-state index in [1.165, 1.54) is 30.3 Å². The van der Waals surface area contributed by atoms with Gasteiger partial charge in [0.25, 0.3) is 0 Å². The predicted octanol–water partition coefficient (Wildman–Crippen LogP) is 7.06. The summed E-state index contributed by atoms with van der Waals surface area (Å²) >= 11 is 12.1. The molecule has 33 heavy (non-hydrogen) atoms. The first-order chi connectivity index (χ1) is 15.3. The van der Waals surface area contributed by atoms with Gasteiger partial charge >= 0.3 is 12.1 Å². The van der Waals surface area contributed by atoms with Crippen LogP contribution in [0, 0.1) is 11.8 Å². The molecule has 4 nitrogen and oxygen atoms in total. The van der Waals surface area contributed by atoms with Gasteiger partial charge in [-0.05, 0) is 54.2 Å². The molecule has 178 valence electrons. The Morgan fingerprint density at radius 2 is 1.73 bits per heavy atom. The second-order valence-corrected chi connectivity index (χ2v) is 9.65. The van der Waals surface area contributed by atoms with E-state index in [4.69, 9.17) is 23.2 Å². The Morgan fingerprint density at radius 3 is 2.24 bits per heavy atom. The van der Waals surface area contributed by atoms with Crippen molar-refractivity contribution in [2.45, 2.75) is 50.6 Å². The second kappa shape index (κ2) is 9.55. The van der Waals surface area contributed by atoms with Crippen LogP contribution in [0.25, 0.3) is 0 Å². The van der Waals surface area contributed by atoms with E-state index in [1.54, 1.807) is 12.1 Å². The summed E-state index contributed by atoms with van der Waals surface area (Å²) in [6.45, 7) is 2.80. The number of hydrogen-bond acceptors (Lipinski definition) is 2. The average molecular weight is 502 g/mol. The van der Waals surface area contributed by atoms with Crippen molar-refractivity contribution in [1.29, 1.82) is 0 Å². The molecule has 1 aliphatic rings. The van der Waals surface area contributed by atoms with Crippen molar-refractivity contribution in [3.05, 3.63) is 63.6 Å². The summed E-state index contributed by atoms with van der Waals surface area (Å²) in [6, 6.07) is 10.4. The lowest BCUT2D eigenvalue weighted by Crippen LogP contribution is -2.34. The quantitative estimate of drug-likeness (QED) is 0.406. The zero-order valence-corrected chi connectivity index (χ0v) is 19.6. The molecule has 0 spiro atoms. The van der Waals surface area contributed by atoms with Gasteiger partial charge in [0, 0.05) is 10.4 Å². The highest BCUT2D eigenvalue weighted by Gasteiger charge is 2.46. The molecule has 1 aliphatic carbocycles. The van der Waals surface area contributed by atoms with Gasteiger partial charge < -0.3 is 10.4 Å². The van der Waals surface area contributed by atoms with E-state index in [1.807, 2.05) is 6.92 Å². The van der Waals surface area contributed by atoms with Crippen LogP contribution in [0.2, 0.25) is 10.0 Å². The molecule has 9 heteroatoms. The van der Waals surface area contributed by atoms with Crippen LogP contribution in [0.15, 0.2) is 42.5 Å². The number of halogens is 5. The fourth-order valence-corrected chi connectivity index (χ4v) is 4.52. The summed E-state index contributed by atoms with van der Waals surface area (Å²) < 4.78 is 40.8. The SMILES string of the molecule is CC(C(C(=O)Nc1cc(C(C)(CC(=O)O)C2CC2)ccc1Cl)c1ccc(Cl)cc1)C(F)(F)F. The van der Waals surface area contributed by atoms with Gasteiger partial charge in [0.05, 0.1) is 29.0 Å². The maximum atomic E-state index is 13.6. The summed E-state index contributed by atoms with van der Waals surface area (Å²) in [4.78, 5) is 24.6. The predicted molar refractivity (Wildman–Crippen MR) is 122 cm³/mol. The number of alkyl halides is 3. The summed E-state index contributed by atoms with van der Waals surface area (Å²) in [6.07, 6.45) is -2.95. The highest BCUT2D eigenvalue weighted by molar-refractivity contribution is 6.33. The molecular weight excluding hydrogens is 478 g/mol. The molecule has 1 amide bonds. The van der Waals surface area contributed by atoms with Crippen LogP contribution < -0.4 is 5.32 Å². The van der Waals surface area contributed by atoms with Gasteiger partial charge in [-0.1, -0.05) is 55.2 Å². The van der Waals surface area contributed by atoms with Gasteiger partial charge in [-0.3, -0.25) is 9.59 Å². The maximum absolute atomic E-state index is 13.6. The first-order valence-electron chi connectivity index (χ1n) is 10.5. The van der Waals surface area contributed by atoms with Crippen LogP contribution in [0.1, 0.15) is 50.2 Å². The Morgan fingerprint density at radius 1 is 1.12 bits per heavy atom. The Labute approximate surface area is 200 Å². The maximum Gasteiger partial charge on any atom is 0.392 e. The molecular formula is C24H24Cl2F3NO3. The van der Waals surface area contributed by atoms with Crippen molar-refractivity contribution in [3.63, 3.8) is 0 Å². The highest BCUT2D eigenvalue weighted by atomic mass is 35.5. The van der Waals surface area contributed by atoms with Crippen LogP contribution in [-0.2, 0) is 15.0 Å². The fraction of sp³-hybridized carbons (Fsp3) is 0.417. The van der Waals surface area contributed by atoms with E-state index in [0.29, 0.717) is 10.6 Å². The summed E-state index contributed by atoms with van der Waals surface area (Å²) in [5, 5.41) is 12.4. The van der Waals surface area contributed by atoms with Crippen molar-refractivity contribution >= 4 is 40.8 Å². The number of benzene rings is 2. The second-order valence-electron chi connectivity index (χ2n) is 8.81. The summed E-state index contributed by atoms with van der Waals surface area (Å²) in [7, 11) is 0. The zero-order chi connectivity index (χ0) is 24.6. The number of amides is 1. The van der Waals surface area contributed by atoms with Gasteiger partial charge in [0.15, 0.2) is 0 Å². The van der Waals surface area contributed by atoms with Gasteiger partial charge in [-0.25, -0.2) is 0 Å². The number of anilines is 1. The molecule has 3 rings (SSSR count). The fourth-order valence-electron chi connectivity index (χ4n) is 4.23. The largest absolute Gasteiger partial charge is 0.481 e. The smallest absolute Gasteiger partial charge is 0.392 e. The molecule has 1 fully saturated rings. The third kappa shape index (κ3) is 5.82. The molecule has 0 saturated heterocycles. The number of carboxylic acid groups (broad SMARTS) is 1. The third-order valence-corrected chi connectivity index (χ3v) is 6.99. The number of aliphatic carboxylic acids is 1. The van der Waals surface area contributed by atoms with Crippen LogP contribution in [0.5, 0.6) is 0 Å². The average Bonchev–Trinajstić information content (AvgIpc) is 3.56. The van der Waals surface area contributed by atoms with Crippen LogP contribution in [0.4, 0.5) is 18.9 Å². The molecule has 0 radical (unpaired) electrons. The minimum Gasteiger partial charge on any atom is -0.481 e. The third-order valence-electron chi connectivity index (χ3n) is 6.41. The molecule has 2 aromatic rings. The Balaban J connectivity index is 1.96. The van der Waals surface area contributed by atoms with E-state index in [-0.39, 0.29) is 28.6 Å². The van der Waals surface area contributed by atoms with Gasteiger partial charge in [-0.2, -0.15) is 13.2 Å². The van der Waals surface area contributed by atoms with E-state index in [2.05, 4.69) is 5.32 Å². The number of hydrogen-bond donors (Lipinski definition) is 2. The molecule has 1 saturated carbocycles. The minimum absolute atomic E-state index is 0.106. The monoisotopic (exact) mass is 501 g/mol. The molecule has 0 heterocycles. The molecule has 2 N–H and O–H groups in total. The molecule has 0 aliphatic heterocycles.